The quantitative estimate of drug-likeness (QED) is 0.246. The molecule has 36 heavy (non-hydrogen) atoms. The standard InChI is InChI=1S/C36H26/c1-3-9-19-17-27-21-11-5-7-13-23(21)31(27)33-25-15-16-26-34-30(36(26)35(25)29(19)33)20(10-4-2)18-28-22-12-6-8-14-24(22)32(28)34/h5-8,11-18H,3-4,9-10H2,1-2H3. The smallest absolute Gasteiger partial charge is 0.00105 e. The van der Waals surface area contributed by atoms with Gasteiger partial charge in [-0.25, -0.2) is 0 Å². The second-order valence-corrected chi connectivity index (χ2v) is 10.9. The Morgan fingerprint density at radius 3 is 1.17 bits per heavy atom. The van der Waals surface area contributed by atoms with E-state index < -0.39 is 0 Å². The fourth-order valence-electron chi connectivity index (χ4n) is 7.67. The highest BCUT2D eigenvalue weighted by molar-refractivity contribution is 6.53. The van der Waals surface area contributed by atoms with Gasteiger partial charge in [0, 0.05) is 0 Å². The lowest BCUT2D eigenvalue weighted by atomic mass is 9.74. The summed E-state index contributed by atoms with van der Waals surface area (Å²) in [4.78, 5) is 0. The van der Waals surface area contributed by atoms with Crippen LogP contribution in [-0.4, -0.2) is 0 Å². The summed E-state index contributed by atoms with van der Waals surface area (Å²) in [5.41, 5.74) is 3.09. The minimum absolute atomic E-state index is 1.15. The van der Waals surface area contributed by atoms with Crippen LogP contribution in [0.1, 0.15) is 37.8 Å². The van der Waals surface area contributed by atoms with Crippen LogP contribution < -0.4 is 0 Å². The van der Waals surface area contributed by atoms with Crippen molar-refractivity contribution in [1.82, 2.24) is 0 Å². The lowest BCUT2D eigenvalue weighted by Gasteiger charge is -2.28. The minimum Gasteiger partial charge on any atom is -0.0651 e. The van der Waals surface area contributed by atoms with Gasteiger partial charge in [0.1, 0.15) is 0 Å². The van der Waals surface area contributed by atoms with Crippen molar-refractivity contribution in [1.29, 1.82) is 0 Å². The molecule has 0 saturated carbocycles. The van der Waals surface area contributed by atoms with Crippen LogP contribution in [0.5, 0.6) is 0 Å². The maximum absolute atomic E-state index is 2.52. The van der Waals surface area contributed by atoms with Crippen LogP contribution in [0.2, 0.25) is 0 Å². The van der Waals surface area contributed by atoms with E-state index >= 15 is 0 Å². The molecule has 9 aromatic carbocycles. The number of aryl methyl sites for hydroxylation is 2. The van der Waals surface area contributed by atoms with Gasteiger partial charge in [0.25, 0.3) is 0 Å². The normalized spacial score (nSPS) is 13.2. The molecule has 0 aromatic heterocycles. The molecule has 0 aliphatic rings. The SMILES string of the molecule is CCCc1cc2c3ccccc3c2c2c3ccc4c5c(c(CCC)cc6c7ccccc7c65)c4c3c12. The third kappa shape index (κ3) is 1.99. The molecule has 0 unspecified atom stereocenters. The van der Waals surface area contributed by atoms with Crippen LogP contribution in [0.3, 0.4) is 0 Å². The first-order valence-corrected chi connectivity index (χ1v) is 13.6. The summed E-state index contributed by atoms with van der Waals surface area (Å²) in [6.07, 6.45) is 4.65. The number of benzene rings is 5. The van der Waals surface area contributed by atoms with Crippen molar-refractivity contribution in [2.24, 2.45) is 0 Å². The van der Waals surface area contributed by atoms with Gasteiger partial charge in [-0.15, -0.1) is 0 Å². The minimum atomic E-state index is 1.15. The van der Waals surface area contributed by atoms with Crippen LogP contribution in [0.15, 0.2) is 72.8 Å². The van der Waals surface area contributed by atoms with E-state index in [0.717, 1.165) is 12.8 Å². The zero-order chi connectivity index (χ0) is 23.7. The van der Waals surface area contributed by atoms with E-state index in [2.05, 4.69) is 86.6 Å². The maximum Gasteiger partial charge on any atom is -0.00105 e. The molecule has 0 amide bonds. The Kier molecular flexibility index (Phi) is 3.46. The van der Waals surface area contributed by atoms with Gasteiger partial charge < -0.3 is 0 Å². The summed E-state index contributed by atoms with van der Waals surface area (Å²) in [7, 11) is 0. The van der Waals surface area contributed by atoms with Gasteiger partial charge in [-0.2, -0.15) is 0 Å². The third-order valence-corrected chi connectivity index (χ3v) is 9.07. The summed E-state index contributed by atoms with van der Waals surface area (Å²) in [6, 6.07) is 27.8. The van der Waals surface area contributed by atoms with Crippen LogP contribution in [0, 0.1) is 0 Å². The first-order chi connectivity index (χ1) is 17.8. The van der Waals surface area contributed by atoms with E-state index in [1.54, 1.807) is 21.9 Å². The largest absolute Gasteiger partial charge is 0.0651 e. The maximum atomic E-state index is 2.52. The van der Waals surface area contributed by atoms with Crippen LogP contribution in [-0.2, 0) is 12.8 Å². The predicted octanol–water partition coefficient (Wildman–Crippen LogP) is 10.6. The second kappa shape index (κ2) is 6.45. The predicted molar refractivity (Wildman–Crippen MR) is 159 cm³/mol. The topological polar surface area (TPSA) is 0 Å². The lowest BCUT2D eigenvalue weighted by molar-refractivity contribution is 0.931. The molecule has 0 radical (unpaired) electrons. The molecule has 0 saturated heterocycles. The highest BCUT2D eigenvalue weighted by atomic mass is 14.3. The Balaban J connectivity index is 1.47. The second-order valence-electron chi connectivity index (χ2n) is 10.9. The molecule has 0 spiro atoms. The monoisotopic (exact) mass is 458 g/mol. The van der Waals surface area contributed by atoms with Gasteiger partial charge in [-0.3, -0.25) is 0 Å². The van der Waals surface area contributed by atoms with E-state index in [1.165, 1.54) is 88.2 Å². The molecule has 0 aliphatic heterocycles. The molecule has 170 valence electrons. The van der Waals surface area contributed by atoms with Gasteiger partial charge in [-0.05, 0) is 122 Å². The van der Waals surface area contributed by atoms with E-state index in [4.69, 9.17) is 0 Å². The molecule has 9 rings (SSSR count). The molecule has 0 nitrogen and oxygen atoms in total. The molecule has 0 atom stereocenters. The van der Waals surface area contributed by atoms with Gasteiger partial charge in [0.2, 0.25) is 0 Å². The Bertz CT molecular complexity index is 2100. The first-order valence-electron chi connectivity index (χ1n) is 13.6. The Hall–Kier alpha value is -3.90. The fourth-order valence-corrected chi connectivity index (χ4v) is 7.67. The van der Waals surface area contributed by atoms with E-state index in [-0.39, 0.29) is 0 Å². The van der Waals surface area contributed by atoms with E-state index in [0.29, 0.717) is 0 Å². The van der Waals surface area contributed by atoms with E-state index in [9.17, 15) is 0 Å². The van der Waals surface area contributed by atoms with Crippen molar-refractivity contribution < 1.29 is 0 Å². The summed E-state index contributed by atoms with van der Waals surface area (Å²) in [5, 5.41) is 23.8. The van der Waals surface area contributed by atoms with Crippen molar-refractivity contribution in [2.45, 2.75) is 39.5 Å². The molecule has 0 heteroatoms. The van der Waals surface area contributed by atoms with E-state index in [1.807, 2.05) is 0 Å². The summed E-state index contributed by atoms with van der Waals surface area (Å²) >= 11 is 0. The average molecular weight is 459 g/mol. The summed E-state index contributed by atoms with van der Waals surface area (Å²) in [6.45, 7) is 4.63. The van der Waals surface area contributed by atoms with Crippen molar-refractivity contribution in [3.63, 3.8) is 0 Å². The number of rotatable bonds is 4. The molecular formula is C36H26. The number of hydrogen-bond donors (Lipinski definition) is 0. The zero-order valence-corrected chi connectivity index (χ0v) is 20.8. The Morgan fingerprint density at radius 2 is 0.750 bits per heavy atom. The number of fused-ring (bicyclic) bond motifs is 19. The van der Waals surface area contributed by atoms with Gasteiger partial charge in [0.15, 0.2) is 0 Å². The molecule has 0 aliphatic carbocycles. The first kappa shape index (κ1) is 19.3. The molecule has 0 bridgehead atoms. The van der Waals surface area contributed by atoms with Crippen molar-refractivity contribution in [3.05, 3.63) is 83.9 Å². The molecule has 0 fully saturated rings. The fraction of sp³-hybridized carbons (Fsp3) is 0.167. The van der Waals surface area contributed by atoms with Crippen molar-refractivity contribution in [3.8, 4) is 0 Å². The molecular weight excluding hydrogens is 432 g/mol. The van der Waals surface area contributed by atoms with Gasteiger partial charge in [0.05, 0.1) is 0 Å². The van der Waals surface area contributed by atoms with Crippen LogP contribution >= 0.6 is 0 Å². The summed E-state index contributed by atoms with van der Waals surface area (Å²) in [5.74, 6) is 0. The van der Waals surface area contributed by atoms with Gasteiger partial charge in [-0.1, -0.05) is 87.4 Å². The highest BCUT2D eigenvalue weighted by Crippen LogP contribution is 2.56. The Labute approximate surface area is 209 Å². The lowest BCUT2D eigenvalue weighted by Crippen LogP contribution is -2.02. The number of hydrogen-bond acceptors (Lipinski definition) is 0. The molecule has 0 N–H and O–H groups in total. The third-order valence-electron chi connectivity index (χ3n) is 9.07. The van der Waals surface area contributed by atoms with Gasteiger partial charge >= 0.3 is 0 Å². The van der Waals surface area contributed by atoms with Crippen LogP contribution in [0.25, 0.3) is 86.2 Å². The highest BCUT2D eigenvalue weighted by Gasteiger charge is 2.28. The summed E-state index contributed by atoms with van der Waals surface area (Å²) < 4.78 is 0. The van der Waals surface area contributed by atoms with Crippen LogP contribution in [0.4, 0.5) is 0 Å². The van der Waals surface area contributed by atoms with Crippen molar-refractivity contribution >= 4 is 86.2 Å². The Morgan fingerprint density at radius 1 is 0.361 bits per heavy atom. The zero-order valence-electron chi connectivity index (χ0n) is 20.8. The molecule has 0 heterocycles. The van der Waals surface area contributed by atoms with Crippen molar-refractivity contribution in [2.75, 3.05) is 0 Å². The average Bonchev–Trinajstić information content (AvgIpc) is 2.88. The molecule has 9 aromatic rings.